The van der Waals surface area contributed by atoms with Gasteiger partial charge < -0.3 is 15.8 Å². The topological polar surface area (TPSA) is 108 Å². The van der Waals surface area contributed by atoms with E-state index in [0.29, 0.717) is 11.0 Å². The van der Waals surface area contributed by atoms with Crippen LogP contribution in [0.15, 0.2) is 29.4 Å². The summed E-state index contributed by atoms with van der Waals surface area (Å²) in [6, 6.07) is 5.66. The zero-order valence-electron chi connectivity index (χ0n) is 7.79. The fourth-order valence-electron chi connectivity index (χ4n) is 0.970. The van der Waals surface area contributed by atoms with Crippen LogP contribution in [0.3, 0.4) is 0 Å². The van der Waals surface area contributed by atoms with Crippen LogP contribution in [0.1, 0.15) is 5.56 Å². The van der Waals surface area contributed by atoms with Crippen molar-refractivity contribution in [2.24, 2.45) is 10.8 Å². The van der Waals surface area contributed by atoms with Crippen LogP contribution in [0.4, 0.5) is 4.79 Å². The van der Waals surface area contributed by atoms with E-state index in [1.54, 1.807) is 18.2 Å². The molecule has 0 atom stereocenters. The van der Waals surface area contributed by atoms with Crippen molar-refractivity contribution in [2.45, 2.75) is 0 Å². The maximum Gasteiger partial charge on any atom is 0.488 e. The maximum absolute atomic E-state index is 10.3. The van der Waals surface area contributed by atoms with Crippen molar-refractivity contribution in [3.63, 3.8) is 0 Å². The van der Waals surface area contributed by atoms with Crippen LogP contribution in [0.5, 0.6) is 0 Å². The summed E-state index contributed by atoms with van der Waals surface area (Å²) in [6.45, 7) is 0. The molecule has 1 aromatic carbocycles. The van der Waals surface area contributed by atoms with E-state index in [1.807, 2.05) is 5.43 Å². The summed E-state index contributed by atoms with van der Waals surface area (Å²) in [5, 5.41) is 21.3. The van der Waals surface area contributed by atoms with E-state index in [4.69, 9.17) is 15.8 Å². The van der Waals surface area contributed by atoms with Crippen molar-refractivity contribution in [1.29, 1.82) is 0 Å². The lowest BCUT2D eigenvalue weighted by Gasteiger charge is -1.99. The zero-order valence-corrected chi connectivity index (χ0v) is 7.79. The summed E-state index contributed by atoms with van der Waals surface area (Å²) < 4.78 is 0. The number of urea groups is 1. The summed E-state index contributed by atoms with van der Waals surface area (Å²) in [5.74, 6) is 0. The maximum atomic E-state index is 10.3. The molecule has 15 heavy (non-hydrogen) atoms. The molecular weight excluding hydrogens is 197 g/mol. The first-order valence-corrected chi connectivity index (χ1v) is 4.14. The summed E-state index contributed by atoms with van der Waals surface area (Å²) >= 11 is 0. The van der Waals surface area contributed by atoms with Gasteiger partial charge in [0.1, 0.15) is 0 Å². The molecule has 0 fully saturated rings. The number of benzene rings is 1. The third kappa shape index (κ3) is 3.80. The van der Waals surface area contributed by atoms with Crippen LogP contribution in [-0.4, -0.2) is 29.4 Å². The highest BCUT2D eigenvalue weighted by Crippen LogP contribution is 1.93. The number of hydrazone groups is 1. The molecule has 6 nitrogen and oxygen atoms in total. The lowest BCUT2D eigenvalue weighted by atomic mass is 9.80. The average Bonchev–Trinajstić information content (AvgIpc) is 2.17. The van der Waals surface area contributed by atoms with Gasteiger partial charge in [-0.25, -0.2) is 10.2 Å². The van der Waals surface area contributed by atoms with Gasteiger partial charge in [0, 0.05) is 0 Å². The van der Waals surface area contributed by atoms with Gasteiger partial charge in [-0.2, -0.15) is 5.10 Å². The smallest absolute Gasteiger partial charge is 0.423 e. The largest absolute Gasteiger partial charge is 0.488 e. The Kier molecular flexibility index (Phi) is 3.84. The van der Waals surface area contributed by atoms with Crippen molar-refractivity contribution in [3.8, 4) is 0 Å². The van der Waals surface area contributed by atoms with Crippen LogP contribution >= 0.6 is 0 Å². The Balaban J connectivity index is 2.73. The van der Waals surface area contributed by atoms with E-state index in [-0.39, 0.29) is 0 Å². The molecule has 2 amide bonds. The molecule has 0 aliphatic rings. The van der Waals surface area contributed by atoms with E-state index in [1.165, 1.54) is 12.3 Å². The van der Waals surface area contributed by atoms with Gasteiger partial charge in [-0.1, -0.05) is 24.3 Å². The second-order valence-corrected chi connectivity index (χ2v) is 2.78. The first kappa shape index (κ1) is 11.2. The average molecular weight is 207 g/mol. The molecule has 78 valence electrons. The zero-order chi connectivity index (χ0) is 11.3. The molecule has 0 aliphatic heterocycles. The van der Waals surface area contributed by atoms with Crippen molar-refractivity contribution in [1.82, 2.24) is 5.43 Å². The van der Waals surface area contributed by atoms with Gasteiger partial charge in [0.25, 0.3) is 0 Å². The van der Waals surface area contributed by atoms with Crippen LogP contribution < -0.4 is 16.6 Å². The monoisotopic (exact) mass is 207 g/mol. The van der Waals surface area contributed by atoms with Crippen LogP contribution in [0.25, 0.3) is 0 Å². The van der Waals surface area contributed by atoms with Crippen molar-refractivity contribution in [3.05, 3.63) is 29.8 Å². The summed E-state index contributed by atoms with van der Waals surface area (Å²) in [6.07, 6.45) is 1.34. The Bertz CT molecular complexity index is 381. The highest BCUT2D eigenvalue weighted by molar-refractivity contribution is 6.58. The van der Waals surface area contributed by atoms with Gasteiger partial charge in [-0.3, -0.25) is 0 Å². The van der Waals surface area contributed by atoms with Gasteiger partial charge in [-0.05, 0) is 11.0 Å². The number of carbonyl (C=O) groups is 1. The molecule has 0 aliphatic carbocycles. The molecule has 0 radical (unpaired) electrons. The Morgan fingerprint density at radius 1 is 1.53 bits per heavy atom. The summed E-state index contributed by atoms with van der Waals surface area (Å²) in [5.41, 5.74) is 7.78. The third-order valence-electron chi connectivity index (χ3n) is 1.60. The first-order chi connectivity index (χ1) is 7.09. The second-order valence-electron chi connectivity index (χ2n) is 2.78. The fraction of sp³-hybridized carbons (Fsp3) is 0. The van der Waals surface area contributed by atoms with E-state index in [2.05, 4.69) is 5.10 Å². The minimum atomic E-state index is -1.53. The molecule has 0 saturated heterocycles. The highest BCUT2D eigenvalue weighted by Gasteiger charge is 2.09. The minimum Gasteiger partial charge on any atom is -0.423 e. The van der Waals surface area contributed by atoms with Crippen LogP contribution in [-0.2, 0) is 0 Å². The van der Waals surface area contributed by atoms with Crippen LogP contribution in [0, 0.1) is 0 Å². The molecule has 0 saturated carbocycles. The summed E-state index contributed by atoms with van der Waals surface area (Å²) in [7, 11) is -1.53. The molecule has 0 spiro atoms. The molecular formula is C8H10BN3O3. The molecule has 7 heteroatoms. The predicted molar refractivity (Wildman–Crippen MR) is 56.6 cm³/mol. The number of amides is 2. The Labute approximate surface area is 86.6 Å². The molecule has 0 aromatic heterocycles. The number of nitrogens with one attached hydrogen (secondary N) is 1. The lowest BCUT2D eigenvalue weighted by Crippen LogP contribution is -2.30. The third-order valence-corrected chi connectivity index (χ3v) is 1.60. The molecule has 1 rings (SSSR count). The highest BCUT2D eigenvalue weighted by atomic mass is 16.4. The van der Waals surface area contributed by atoms with E-state index in [9.17, 15) is 4.79 Å². The van der Waals surface area contributed by atoms with Crippen molar-refractivity contribution in [2.75, 3.05) is 0 Å². The molecule has 0 heterocycles. The van der Waals surface area contributed by atoms with Crippen molar-refractivity contribution >= 4 is 24.8 Å². The second kappa shape index (κ2) is 5.13. The number of carbonyl (C=O) groups excluding carboxylic acids is 1. The molecule has 1 aromatic rings. The number of hydrogen-bond acceptors (Lipinski definition) is 4. The van der Waals surface area contributed by atoms with E-state index >= 15 is 0 Å². The molecule has 0 unspecified atom stereocenters. The van der Waals surface area contributed by atoms with E-state index < -0.39 is 13.1 Å². The fourth-order valence-corrected chi connectivity index (χ4v) is 0.970. The van der Waals surface area contributed by atoms with Gasteiger partial charge in [0.05, 0.1) is 6.21 Å². The lowest BCUT2D eigenvalue weighted by molar-refractivity contribution is 0.249. The number of primary amides is 1. The normalized spacial score (nSPS) is 10.3. The number of nitrogens with zero attached hydrogens (tertiary/aromatic N) is 1. The van der Waals surface area contributed by atoms with E-state index in [0.717, 1.165) is 0 Å². The number of rotatable bonds is 3. The Morgan fingerprint density at radius 2 is 2.27 bits per heavy atom. The quantitative estimate of drug-likeness (QED) is 0.271. The van der Waals surface area contributed by atoms with Gasteiger partial charge in [-0.15, -0.1) is 0 Å². The Hall–Kier alpha value is -1.86. The molecule has 5 N–H and O–H groups in total. The van der Waals surface area contributed by atoms with Gasteiger partial charge in [0.2, 0.25) is 0 Å². The molecule has 0 bridgehead atoms. The number of nitrogens with two attached hydrogens (primary N) is 1. The Morgan fingerprint density at radius 3 is 2.87 bits per heavy atom. The minimum absolute atomic E-state index is 0.345. The van der Waals surface area contributed by atoms with Gasteiger partial charge >= 0.3 is 13.1 Å². The standard InChI is InChI=1S/C8H10BN3O3/c10-8(13)12-11-5-6-2-1-3-7(4-6)9(14)15/h1-5,14-15H,(H3,10,12,13). The van der Waals surface area contributed by atoms with Crippen molar-refractivity contribution < 1.29 is 14.8 Å². The SMILES string of the molecule is NC(=O)NN=Cc1cccc(B(O)O)c1. The summed E-state index contributed by atoms with van der Waals surface area (Å²) in [4.78, 5) is 10.3. The predicted octanol–water partition coefficient (Wildman–Crippen LogP) is -1.63. The first-order valence-electron chi connectivity index (χ1n) is 4.14. The van der Waals surface area contributed by atoms with Gasteiger partial charge in [0.15, 0.2) is 0 Å². The van der Waals surface area contributed by atoms with Crippen LogP contribution in [0.2, 0.25) is 0 Å². The number of hydrogen-bond donors (Lipinski definition) is 4.